The molecule has 0 radical (unpaired) electrons. The Morgan fingerprint density at radius 1 is 1.12 bits per heavy atom. The molecule has 5 nitrogen and oxygen atoms in total. The van der Waals surface area contributed by atoms with E-state index in [0.29, 0.717) is 29.1 Å². The van der Waals surface area contributed by atoms with Crippen LogP contribution in [0.15, 0.2) is 23.1 Å². The second-order valence-corrected chi connectivity index (χ2v) is 9.31. The van der Waals surface area contributed by atoms with Gasteiger partial charge in [-0.15, -0.1) is 0 Å². The minimum Gasteiger partial charge on any atom is -0.427 e. The fourth-order valence-corrected chi connectivity index (χ4v) is 6.61. The Labute approximate surface area is 142 Å². The van der Waals surface area contributed by atoms with E-state index < -0.39 is 16.1 Å². The van der Waals surface area contributed by atoms with Gasteiger partial charge in [0.15, 0.2) is 0 Å². The molecule has 24 heavy (non-hydrogen) atoms. The van der Waals surface area contributed by atoms with Gasteiger partial charge in [-0.2, -0.15) is 8.42 Å². The molecule has 1 N–H and O–H groups in total. The van der Waals surface area contributed by atoms with Gasteiger partial charge in [0.2, 0.25) is 0 Å². The third kappa shape index (κ3) is 2.65. The number of benzene rings is 1. The first kappa shape index (κ1) is 16.1. The van der Waals surface area contributed by atoms with Crippen LogP contribution in [0.5, 0.6) is 5.75 Å². The van der Waals surface area contributed by atoms with Gasteiger partial charge in [0.25, 0.3) is 10.1 Å². The van der Waals surface area contributed by atoms with Gasteiger partial charge in [-0.25, -0.2) is 0 Å². The van der Waals surface area contributed by atoms with E-state index in [1.807, 2.05) is 0 Å². The van der Waals surface area contributed by atoms with Crippen molar-refractivity contribution in [2.45, 2.75) is 55.8 Å². The van der Waals surface area contributed by atoms with Crippen molar-refractivity contribution >= 4 is 16.1 Å². The lowest BCUT2D eigenvalue weighted by Crippen LogP contribution is -2.49. The van der Waals surface area contributed by atoms with Gasteiger partial charge in [0.05, 0.1) is 4.90 Å². The number of esters is 1. The summed E-state index contributed by atoms with van der Waals surface area (Å²) in [5.74, 6) is 1.83. The van der Waals surface area contributed by atoms with Gasteiger partial charge in [-0.1, -0.05) is 0 Å². The number of hydrogen-bond acceptors (Lipinski definition) is 4. The van der Waals surface area contributed by atoms with Crippen LogP contribution in [0.4, 0.5) is 0 Å². The molecule has 4 fully saturated rings. The van der Waals surface area contributed by atoms with E-state index in [1.54, 1.807) is 6.07 Å². The standard InChI is InChI=1S/C18H22O5S/c1-11(19)23-15-2-3-17(24(20,21)22)16(7-15)18-8-12-4-13(9-18)6-14(5-12)10-18/h2-3,7,12-14H,4-6,8-10H2,1H3,(H,20,21,22). The summed E-state index contributed by atoms with van der Waals surface area (Å²) in [6.07, 6.45) is 6.61. The summed E-state index contributed by atoms with van der Waals surface area (Å²) in [5, 5.41) is 0. The normalized spacial score (nSPS) is 34.3. The molecule has 6 heteroatoms. The molecule has 0 unspecified atom stereocenters. The van der Waals surface area contributed by atoms with E-state index in [0.717, 1.165) is 19.3 Å². The molecule has 0 heterocycles. The van der Waals surface area contributed by atoms with E-state index >= 15 is 0 Å². The number of hydrogen-bond donors (Lipinski definition) is 1. The summed E-state index contributed by atoms with van der Waals surface area (Å²) in [7, 11) is -4.31. The molecule has 4 bridgehead atoms. The summed E-state index contributed by atoms with van der Waals surface area (Å²) >= 11 is 0. The molecule has 1 aromatic carbocycles. The van der Waals surface area contributed by atoms with E-state index in [9.17, 15) is 17.8 Å². The predicted molar refractivity (Wildman–Crippen MR) is 87.4 cm³/mol. The number of ether oxygens (including phenoxy) is 1. The van der Waals surface area contributed by atoms with Crippen LogP contribution in [0.3, 0.4) is 0 Å². The van der Waals surface area contributed by atoms with Crippen LogP contribution in [0.25, 0.3) is 0 Å². The van der Waals surface area contributed by atoms with Crippen molar-refractivity contribution in [3.8, 4) is 5.75 Å². The van der Waals surface area contributed by atoms with Gasteiger partial charge < -0.3 is 4.74 Å². The van der Waals surface area contributed by atoms with Crippen molar-refractivity contribution in [1.29, 1.82) is 0 Å². The second kappa shape index (κ2) is 5.30. The van der Waals surface area contributed by atoms with Crippen LogP contribution in [-0.2, 0) is 20.3 Å². The zero-order chi connectivity index (χ0) is 17.1. The molecule has 4 aliphatic rings. The lowest BCUT2D eigenvalue weighted by Gasteiger charge is -2.57. The van der Waals surface area contributed by atoms with Crippen molar-refractivity contribution in [2.24, 2.45) is 17.8 Å². The molecule has 1 aromatic rings. The minimum atomic E-state index is -4.31. The van der Waals surface area contributed by atoms with Gasteiger partial charge >= 0.3 is 5.97 Å². The molecule has 4 aliphatic carbocycles. The smallest absolute Gasteiger partial charge is 0.308 e. The fourth-order valence-electron chi connectivity index (χ4n) is 5.82. The molecule has 0 saturated heterocycles. The lowest BCUT2D eigenvalue weighted by molar-refractivity contribution is -0.131. The first-order valence-corrected chi connectivity index (χ1v) is 10.00. The number of carbonyl (C=O) groups is 1. The third-order valence-corrected chi connectivity index (χ3v) is 7.01. The third-order valence-electron chi connectivity index (χ3n) is 6.10. The topological polar surface area (TPSA) is 80.7 Å². The van der Waals surface area contributed by atoms with Gasteiger partial charge in [0.1, 0.15) is 5.75 Å². The highest BCUT2D eigenvalue weighted by Gasteiger charge is 2.52. The van der Waals surface area contributed by atoms with E-state index in [2.05, 4.69) is 0 Å². The quantitative estimate of drug-likeness (QED) is 0.514. The van der Waals surface area contributed by atoms with Crippen LogP contribution in [0.2, 0.25) is 0 Å². The van der Waals surface area contributed by atoms with Crippen LogP contribution in [-0.4, -0.2) is 18.9 Å². The first-order chi connectivity index (χ1) is 11.2. The van der Waals surface area contributed by atoms with E-state index in [1.165, 1.54) is 38.3 Å². The largest absolute Gasteiger partial charge is 0.427 e. The maximum atomic E-state index is 11.9. The molecule has 0 aromatic heterocycles. The molecule has 5 rings (SSSR count). The summed E-state index contributed by atoms with van der Waals surface area (Å²) in [5.41, 5.74) is 0.429. The van der Waals surface area contributed by atoms with Crippen molar-refractivity contribution in [2.75, 3.05) is 0 Å². The monoisotopic (exact) mass is 350 g/mol. The van der Waals surface area contributed by atoms with Crippen molar-refractivity contribution in [3.05, 3.63) is 23.8 Å². The zero-order valence-corrected chi connectivity index (χ0v) is 14.5. The van der Waals surface area contributed by atoms with Crippen LogP contribution in [0.1, 0.15) is 51.0 Å². The molecule has 0 atom stereocenters. The molecular formula is C18H22O5S. The average molecular weight is 350 g/mol. The molecule has 0 aliphatic heterocycles. The van der Waals surface area contributed by atoms with Crippen LogP contribution < -0.4 is 4.74 Å². The SMILES string of the molecule is CC(=O)Oc1ccc(S(=O)(=O)O)c(C23CC4CC(CC(C4)C2)C3)c1. The minimum absolute atomic E-state index is 0.0275. The highest BCUT2D eigenvalue weighted by Crippen LogP contribution is 2.61. The first-order valence-electron chi connectivity index (χ1n) is 8.56. The Bertz CT molecular complexity index is 760. The maximum absolute atomic E-state index is 11.9. The van der Waals surface area contributed by atoms with Crippen LogP contribution >= 0.6 is 0 Å². The average Bonchev–Trinajstić information content (AvgIpc) is 2.44. The molecule has 130 valence electrons. The maximum Gasteiger partial charge on any atom is 0.308 e. The highest BCUT2D eigenvalue weighted by atomic mass is 32.2. The van der Waals surface area contributed by atoms with Crippen molar-refractivity contribution in [3.63, 3.8) is 0 Å². The Hall–Kier alpha value is -1.40. The number of carbonyl (C=O) groups excluding carboxylic acids is 1. The summed E-state index contributed by atoms with van der Waals surface area (Å²) in [6.45, 7) is 1.32. The molecular weight excluding hydrogens is 328 g/mol. The summed E-state index contributed by atoms with van der Waals surface area (Å²) < 4.78 is 38.7. The fraction of sp³-hybridized carbons (Fsp3) is 0.611. The zero-order valence-electron chi connectivity index (χ0n) is 13.7. The Morgan fingerprint density at radius 3 is 2.12 bits per heavy atom. The predicted octanol–water partition coefficient (Wildman–Crippen LogP) is 3.33. The van der Waals surface area contributed by atoms with E-state index in [4.69, 9.17) is 4.74 Å². The van der Waals surface area contributed by atoms with Gasteiger partial charge in [-0.05, 0) is 85.5 Å². The van der Waals surface area contributed by atoms with E-state index in [-0.39, 0.29) is 10.3 Å². The Kier molecular flexibility index (Phi) is 3.55. The van der Waals surface area contributed by atoms with Crippen molar-refractivity contribution < 1.29 is 22.5 Å². The lowest BCUT2D eigenvalue weighted by atomic mass is 9.48. The van der Waals surface area contributed by atoms with Gasteiger partial charge in [0, 0.05) is 6.92 Å². The number of rotatable bonds is 3. The Balaban J connectivity index is 1.84. The summed E-state index contributed by atoms with van der Waals surface area (Å²) in [4.78, 5) is 11.2. The Morgan fingerprint density at radius 2 is 1.67 bits per heavy atom. The van der Waals surface area contributed by atoms with Gasteiger partial charge in [-0.3, -0.25) is 9.35 Å². The van der Waals surface area contributed by atoms with Crippen molar-refractivity contribution in [1.82, 2.24) is 0 Å². The molecule has 0 amide bonds. The summed E-state index contributed by atoms with van der Waals surface area (Å²) in [6, 6.07) is 4.48. The molecule has 4 saturated carbocycles. The van der Waals surface area contributed by atoms with Crippen LogP contribution in [0, 0.1) is 17.8 Å². The molecule has 0 spiro atoms. The second-order valence-electron chi connectivity index (χ2n) is 7.92. The highest BCUT2D eigenvalue weighted by molar-refractivity contribution is 7.85.